The van der Waals surface area contributed by atoms with Crippen molar-refractivity contribution in [2.75, 3.05) is 0 Å². The van der Waals surface area contributed by atoms with Gasteiger partial charge in [-0.15, -0.1) is 0 Å². The lowest BCUT2D eigenvalue weighted by atomic mass is 10.2. The Balaban J connectivity index is 2.37. The lowest BCUT2D eigenvalue weighted by Crippen LogP contribution is -2.78. The Hall–Kier alpha value is -0.530. The number of hydrogen-bond donors (Lipinski definition) is 2. The highest BCUT2D eigenvalue weighted by molar-refractivity contribution is 5.76. The maximum Gasteiger partial charge on any atom is 0.243 e. The number of amidine groups is 1. The maximum atomic E-state index is 5.66. The van der Waals surface area contributed by atoms with E-state index in [4.69, 9.17) is 5.73 Å². The number of rotatable bonds is 2. The van der Waals surface area contributed by atoms with Crippen molar-refractivity contribution in [3.63, 3.8) is 0 Å². The molecule has 0 aromatic carbocycles. The van der Waals surface area contributed by atoms with Gasteiger partial charge in [0.15, 0.2) is 0 Å². The van der Waals surface area contributed by atoms with Crippen LogP contribution in [0.3, 0.4) is 0 Å². The van der Waals surface area contributed by atoms with Crippen molar-refractivity contribution in [3.8, 4) is 0 Å². The molecule has 0 spiro atoms. The van der Waals surface area contributed by atoms with Gasteiger partial charge in [0.2, 0.25) is 5.84 Å². The molecule has 1 aliphatic rings. The Morgan fingerprint density at radius 3 is 2.44 bits per heavy atom. The van der Waals surface area contributed by atoms with E-state index in [0.29, 0.717) is 12.0 Å². The highest BCUT2D eigenvalue weighted by atomic mass is 14.9. The quantitative estimate of drug-likeness (QED) is 0.371. The molecule has 0 bridgehead atoms. The van der Waals surface area contributed by atoms with Crippen LogP contribution >= 0.6 is 0 Å². The van der Waals surface area contributed by atoms with Gasteiger partial charge in [0.1, 0.15) is 0 Å². The molecule has 2 heteroatoms. The summed E-state index contributed by atoms with van der Waals surface area (Å²) in [6, 6.07) is 0.701. The largest absolute Gasteiger partial charge is 0.291 e. The van der Waals surface area contributed by atoms with E-state index < -0.39 is 0 Å². The molecular formula is C7H15N2+. The van der Waals surface area contributed by atoms with Gasteiger partial charge in [-0.1, -0.05) is 13.8 Å². The van der Waals surface area contributed by atoms with Crippen LogP contribution in [0.4, 0.5) is 0 Å². The van der Waals surface area contributed by atoms with Crippen LogP contribution in [0, 0.1) is 5.92 Å². The van der Waals surface area contributed by atoms with Gasteiger partial charge in [0.25, 0.3) is 0 Å². The van der Waals surface area contributed by atoms with Crippen molar-refractivity contribution < 1.29 is 4.99 Å². The molecule has 9 heavy (non-hydrogen) atoms. The fraction of sp³-hybridized carbons (Fsp3) is 0.857. The second kappa shape index (κ2) is 2.38. The minimum absolute atomic E-state index is 0.477. The van der Waals surface area contributed by atoms with Gasteiger partial charge in [0, 0.05) is 0 Å². The van der Waals surface area contributed by atoms with E-state index in [1.54, 1.807) is 0 Å². The Bertz CT molecular complexity index is 123. The van der Waals surface area contributed by atoms with Gasteiger partial charge in [-0.05, 0) is 12.8 Å². The zero-order valence-corrected chi connectivity index (χ0v) is 6.15. The smallest absolute Gasteiger partial charge is 0.243 e. The van der Waals surface area contributed by atoms with E-state index in [-0.39, 0.29) is 0 Å². The van der Waals surface area contributed by atoms with Gasteiger partial charge in [-0.25, -0.2) is 0 Å². The third kappa shape index (κ3) is 2.04. The Labute approximate surface area is 56.2 Å². The van der Waals surface area contributed by atoms with Crippen LogP contribution in [-0.4, -0.2) is 11.9 Å². The summed E-state index contributed by atoms with van der Waals surface area (Å²) >= 11 is 0. The second-order valence-corrected chi connectivity index (χ2v) is 3.03. The first-order valence-corrected chi connectivity index (χ1v) is 3.59. The lowest BCUT2D eigenvalue weighted by molar-refractivity contribution is -0.476. The molecule has 0 aliphatic heterocycles. The number of nitrogens with one attached hydrogen (secondary N) is 1. The summed E-state index contributed by atoms with van der Waals surface area (Å²) in [6.07, 6.45) is 2.60. The van der Waals surface area contributed by atoms with Gasteiger partial charge < -0.3 is 0 Å². The lowest BCUT2D eigenvalue weighted by Gasteiger charge is -1.95. The molecule has 0 aromatic rings. The van der Waals surface area contributed by atoms with E-state index in [0.717, 1.165) is 5.84 Å². The Morgan fingerprint density at radius 1 is 1.56 bits per heavy atom. The van der Waals surface area contributed by atoms with Crippen molar-refractivity contribution in [1.82, 2.24) is 0 Å². The summed E-state index contributed by atoms with van der Waals surface area (Å²) in [5.74, 6) is 1.42. The molecule has 2 nitrogen and oxygen atoms in total. The van der Waals surface area contributed by atoms with Gasteiger partial charge >= 0.3 is 0 Å². The summed E-state index contributed by atoms with van der Waals surface area (Å²) in [4.78, 5) is 3.25. The second-order valence-electron chi connectivity index (χ2n) is 3.03. The molecule has 0 radical (unpaired) electrons. The molecule has 1 aliphatic carbocycles. The molecule has 52 valence electrons. The Morgan fingerprint density at radius 2 is 2.11 bits per heavy atom. The van der Waals surface area contributed by atoms with E-state index >= 15 is 0 Å². The van der Waals surface area contributed by atoms with Crippen molar-refractivity contribution in [3.05, 3.63) is 0 Å². The van der Waals surface area contributed by atoms with Crippen molar-refractivity contribution in [2.24, 2.45) is 11.7 Å². The first kappa shape index (κ1) is 6.59. The van der Waals surface area contributed by atoms with Crippen molar-refractivity contribution in [1.29, 1.82) is 0 Å². The molecule has 0 heterocycles. The van der Waals surface area contributed by atoms with Crippen LogP contribution in [0.1, 0.15) is 26.7 Å². The number of hydrogen-bond acceptors (Lipinski definition) is 0. The predicted molar refractivity (Wildman–Crippen MR) is 38.0 cm³/mol. The molecule has 3 N–H and O–H groups in total. The Kier molecular flexibility index (Phi) is 1.74. The van der Waals surface area contributed by atoms with Crippen molar-refractivity contribution in [2.45, 2.75) is 32.7 Å². The summed E-state index contributed by atoms with van der Waals surface area (Å²) < 4.78 is 0. The summed E-state index contributed by atoms with van der Waals surface area (Å²) in [6.45, 7) is 4.20. The molecule has 0 saturated heterocycles. The van der Waals surface area contributed by atoms with Crippen LogP contribution in [0.2, 0.25) is 0 Å². The zero-order valence-electron chi connectivity index (χ0n) is 6.15. The predicted octanol–water partition coefficient (Wildman–Crippen LogP) is -0.757. The summed E-state index contributed by atoms with van der Waals surface area (Å²) in [5, 5.41) is 0. The molecular weight excluding hydrogens is 112 g/mol. The topological polar surface area (TPSA) is 40.0 Å². The average Bonchev–Trinajstić information content (AvgIpc) is 2.50. The first-order chi connectivity index (χ1) is 4.20. The monoisotopic (exact) mass is 127 g/mol. The highest BCUT2D eigenvalue weighted by Crippen LogP contribution is 2.12. The van der Waals surface area contributed by atoms with E-state index in [1.807, 2.05) is 0 Å². The normalized spacial score (nSPS) is 21.0. The van der Waals surface area contributed by atoms with Gasteiger partial charge in [-0.2, -0.15) is 0 Å². The minimum Gasteiger partial charge on any atom is -0.291 e. The third-order valence-corrected chi connectivity index (χ3v) is 1.57. The van der Waals surface area contributed by atoms with Crippen LogP contribution in [-0.2, 0) is 0 Å². The highest BCUT2D eigenvalue weighted by Gasteiger charge is 2.24. The van der Waals surface area contributed by atoms with Gasteiger partial charge in [-0.3, -0.25) is 10.7 Å². The summed E-state index contributed by atoms with van der Waals surface area (Å²) in [5.41, 5.74) is 5.66. The third-order valence-electron chi connectivity index (χ3n) is 1.57. The average molecular weight is 127 g/mol. The fourth-order valence-corrected chi connectivity index (χ4v) is 0.630. The van der Waals surface area contributed by atoms with E-state index in [2.05, 4.69) is 18.8 Å². The van der Waals surface area contributed by atoms with E-state index in [1.165, 1.54) is 12.8 Å². The molecule has 1 rings (SSSR count). The van der Waals surface area contributed by atoms with Crippen LogP contribution in [0.15, 0.2) is 0 Å². The fourth-order valence-electron chi connectivity index (χ4n) is 0.630. The minimum atomic E-state index is 0.477. The number of nitrogens with two attached hydrogens (primary N) is 1. The maximum absolute atomic E-state index is 5.66. The SMILES string of the molecule is CC(C)C(N)=[NH+]C1CC1. The van der Waals surface area contributed by atoms with Crippen molar-refractivity contribution >= 4 is 5.84 Å². The molecule has 0 amide bonds. The van der Waals surface area contributed by atoms with Crippen LogP contribution in [0.5, 0.6) is 0 Å². The molecule has 0 atom stereocenters. The standard InChI is InChI=1S/C7H14N2/c1-5(2)7(8)9-6-3-4-6/h5-6H,3-4H2,1-2H3,(H2,8,9)/p+1. The zero-order chi connectivity index (χ0) is 6.85. The first-order valence-electron chi connectivity index (χ1n) is 3.59. The molecule has 0 aromatic heterocycles. The van der Waals surface area contributed by atoms with Crippen LogP contribution < -0.4 is 10.7 Å². The molecule has 1 saturated carbocycles. The van der Waals surface area contributed by atoms with Crippen LogP contribution in [0.25, 0.3) is 0 Å². The summed E-state index contributed by atoms with van der Waals surface area (Å²) in [7, 11) is 0. The van der Waals surface area contributed by atoms with Gasteiger partial charge in [0.05, 0.1) is 12.0 Å². The molecule has 1 fully saturated rings. The van der Waals surface area contributed by atoms with E-state index in [9.17, 15) is 0 Å². The molecule has 0 unspecified atom stereocenters.